The van der Waals surface area contributed by atoms with E-state index >= 15 is 0 Å². The van der Waals surface area contributed by atoms with Crippen molar-refractivity contribution < 1.29 is 18.6 Å². The standard InChI is InChI=1S/C17H20O4S/c1-9-6-7-15(16(19)12(9)4)22(20,21)17-13(5)11(3)10(2)8-14(17)18/h6-8,18-19H,1-5H3. The molecule has 0 aliphatic carbocycles. The Bertz CT molecular complexity index is 865. The summed E-state index contributed by atoms with van der Waals surface area (Å²) in [5.41, 5.74) is 3.44. The van der Waals surface area contributed by atoms with E-state index in [1.807, 2.05) is 13.8 Å². The summed E-state index contributed by atoms with van der Waals surface area (Å²) in [4.78, 5) is -0.327. The molecule has 0 saturated heterocycles. The van der Waals surface area contributed by atoms with Gasteiger partial charge in [0, 0.05) is 0 Å². The molecule has 0 bridgehead atoms. The molecular formula is C17H20O4S. The molecule has 2 aromatic rings. The predicted octanol–water partition coefficient (Wildman–Crippen LogP) is 3.47. The number of benzene rings is 2. The number of sulfone groups is 1. The van der Waals surface area contributed by atoms with Gasteiger partial charge in [-0.15, -0.1) is 0 Å². The zero-order valence-electron chi connectivity index (χ0n) is 13.4. The van der Waals surface area contributed by atoms with Crippen LogP contribution in [0.3, 0.4) is 0 Å². The lowest BCUT2D eigenvalue weighted by atomic mass is 10.0. The highest BCUT2D eigenvalue weighted by molar-refractivity contribution is 7.91. The maximum Gasteiger partial charge on any atom is 0.214 e. The van der Waals surface area contributed by atoms with Crippen molar-refractivity contribution in [2.45, 2.75) is 44.4 Å². The molecule has 4 nitrogen and oxygen atoms in total. The van der Waals surface area contributed by atoms with Gasteiger partial charge in [-0.2, -0.15) is 0 Å². The maximum atomic E-state index is 12.9. The molecule has 2 aromatic carbocycles. The van der Waals surface area contributed by atoms with Crippen LogP contribution in [-0.4, -0.2) is 18.6 Å². The van der Waals surface area contributed by atoms with Crippen molar-refractivity contribution in [3.05, 3.63) is 46.0 Å². The van der Waals surface area contributed by atoms with E-state index in [0.29, 0.717) is 11.1 Å². The number of aryl methyl sites for hydroxylation is 2. The molecule has 0 fully saturated rings. The summed E-state index contributed by atoms with van der Waals surface area (Å²) in [5, 5.41) is 20.4. The molecule has 0 aliphatic rings. The average molecular weight is 320 g/mol. The minimum absolute atomic E-state index is 0.144. The minimum Gasteiger partial charge on any atom is -0.507 e. The highest BCUT2D eigenvalue weighted by Gasteiger charge is 2.28. The van der Waals surface area contributed by atoms with Crippen LogP contribution >= 0.6 is 0 Å². The van der Waals surface area contributed by atoms with E-state index < -0.39 is 9.84 Å². The Hall–Kier alpha value is -2.01. The molecule has 0 aromatic heterocycles. The SMILES string of the molecule is Cc1cc(O)c(S(=O)(=O)c2ccc(C)c(C)c2O)c(C)c1C. The van der Waals surface area contributed by atoms with Crippen LogP contribution < -0.4 is 0 Å². The largest absolute Gasteiger partial charge is 0.507 e. The third kappa shape index (κ3) is 2.35. The van der Waals surface area contributed by atoms with Gasteiger partial charge in [-0.3, -0.25) is 0 Å². The molecule has 0 spiro atoms. The molecule has 0 radical (unpaired) electrons. The van der Waals surface area contributed by atoms with Crippen molar-refractivity contribution in [2.24, 2.45) is 0 Å². The van der Waals surface area contributed by atoms with Crippen molar-refractivity contribution in [2.75, 3.05) is 0 Å². The second-order valence-corrected chi connectivity index (χ2v) is 7.50. The molecule has 0 atom stereocenters. The van der Waals surface area contributed by atoms with Crippen molar-refractivity contribution >= 4 is 9.84 Å². The first kappa shape index (κ1) is 16.4. The van der Waals surface area contributed by atoms with E-state index in [9.17, 15) is 18.6 Å². The summed E-state index contributed by atoms with van der Waals surface area (Å²) >= 11 is 0. The van der Waals surface area contributed by atoms with Crippen LogP contribution in [0.15, 0.2) is 28.0 Å². The predicted molar refractivity (Wildman–Crippen MR) is 85.4 cm³/mol. The molecule has 0 heterocycles. The Morgan fingerprint density at radius 2 is 1.41 bits per heavy atom. The van der Waals surface area contributed by atoms with E-state index in [-0.39, 0.29) is 21.3 Å². The van der Waals surface area contributed by atoms with E-state index in [2.05, 4.69) is 0 Å². The third-order valence-electron chi connectivity index (χ3n) is 4.30. The molecular weight excluding hydrogens is 300 g/mol. The topological polar surface area (TPSA) is 74.6 Å². The Balaban J connectivity index is 2.83. The van der Waals surface area contributed by atoms with Crippen molar-refractivity contribution in [1.82, 2.24) is 0 Å². The number of hydrogen-bond donors (Lipinski definition) is 2. The van der Waals surface area contributed by atoms with Crippen LogP contribution in [-0.2, 0) is 9.84 Å². The van der Waals surface area contributed by atoms with E-state index in [1.54, 1.807) is 26.8 Å². The third-order valence-corrected chi connectivity index (χ3v) is 6.26. The van der Waals surface area contributed by atoms with Crippen molar-refractivity contribution in [3.8, 4) is 11.5 Å². The van der Waals surface area contributed by atoms with Gasteiger partial charge in [0.25, 0.3) is 0 Å². The van der Waals surface area contributed by atoms with Gasteiger partial charge < -0.3 is 10.2 Å². The Morgan fingerprint density at radius 1 is 0.818 bits per heavy atom. The highest BCUT2D eigenvalue weighted by Crippen LogP contribution is 2.39. The first-order chi connectivity index (χ1) is 10.1. The first-order valence-electron chi connectivity index (χ1n) is 6.93. The lowest BCUT2D eigenvalue weighted by Crippen LogP contribution is -2.07. The lowest BCUT2D eigenvalue weighted by Gasteiger charge is -2.16. The number of hydrogen-bond acceptors (Lipinski definition) is 4. The minimum atomic E-state index is -4.01. The second kappa shape index (κ2) is 5.32. The monoisotopic (exact) mass is 320 g/mol. The van der Waals surface area contributed by atoms with Crippen LogP contribution in [0.2, 0.25) is 0 Å². The van der Waals surface area contributed by atoms with Gasteiger partial charge in [-0.05, 0) is 74.6 Å². The molecule has 2 rings (SSSR count). The smallest absolute Gasteiger partial charge is 0.214 e. The molecule has 2 N–H and O–H groups in total. The molecule has 0 unspecified atom stereocenters. The van der Waals surface area contributed by atoms with E-state index in [0.717, 1.165) is 16.7 Å². The fourth-order valence-corrected chi connectivity index (χ4v) is 4.24. The second-order valence-electron chi connectivity index (χ2n) is 5.65. The molecule has 22 heavy (non-hydrogen) atoms. The lowest BCUT2D eigenvalue weighted by molar-refractivity contribution is 0.449. The van der Waals surface area contributed by atoms with Crippen LogP contribution in [0.25, 0.3) is 0 Å². The summed E-state index contributed by atoms with van der Waals surface area (Å²) in [6.45, 7) is 8.74. The van der Waals surface area contributed by atoms with Crippen LogP contribution in [0.1, 0.15) is 27.8 Å². The zero-order valence-corrected chi connectivity index (χ0v) is 14.2. The molecule has 118 valence electrons. The summed E-state index contributed by atoms with van der Waals surface area (Å²) in [7, 11) is -4.01. The summed E-state index contributed by atoms with van der Waals surface area (Å²) < 4.78 is 25.8. The number of aromatic hydroxyl groups is 2. The first-order valence-corrected chi connectivity index (χ1v) is 8.41. The molecule has 5 heteroatoms. The normalized spacial score (nSPS) is 11.7. The Morgan fingerprint density at radius 3 is 2.00 bits per heavy atom. The Labute approximate surface area is 131 Å². The van der Waals surface area contributed by atoms with E-state index in [4.69, 9.17) is 0 Å². The van der Waals surface area contributed by atoms with Crippen LogP contribution in [0, 0.1) is 34.6 Å². The quantitative estimate of drug-likeness (QED) is 0.888. The van der Waals surface area contributed by atoms with Crippen LogP contribution in [0.4, 0.5) is 0 Å². The summed E-state index contributed by atoms with van der Waals surface area (Å²) in [5.74, 6) is -0.560. The number of phenolic OH excluding ortho intramolecular Hbond substituents is 2. The highest BCUT2D eigenvalue weighted by atomic mass is 32.2. The van der Waals surface area contributed by atoms with Gasteiger partial charge in [0.15, 0.2) is 0 Å². The van der Waals surface area contributed by atoms with Gasteiger partial charge in [0.05, 0.1) is 0 Å². The average Bonchev–Trinajstić information content (AvgIpc) is 2.41. The van der Waals surface area contributed by atoms with Gasteiger partial charge in [0.2, 0.25) is 9.84 Å². The fraction of sp³-hybridized carbons (Fsp3) is 0.294. The fourth-order valence-electron chi connectivity index (χ4n) is 2.48. The number of phenols is 2. The molecule has 0 amide bonds. The van der Waals surface area contributed by atoms with Crippen LogP contribution in [0.5, 0.6) is 11.5 Å². The van der Waals surface area contributed by atoms with Crippen molar-refractivity contribution in [3.63, 3.8) is 0 Å². The molecule has 0 saturated carbocycles. The summed E-state index contributed by atoms with van der Waals surface area (Å²) in [6, 6.07) is 4.46. The zero-order chi connectivity index (χ0) is 16.8. The van der Waals surface area contributed by atoms with Gasteiger partial charge in [-0.25, -0.2) is 8.42 Å². The van der Waals surface area contributed by atoms with Gasteiger partial charge in [0.1, 0.15) is 21.3 Å². The van der Waals surface area contributed by atoms with Gasteiger partial charge in [-0.1, -0.05) is 6.07 Å². The molecule has 0 aliphatic heterocycles. The van der Waals surface area contributed by atoms with Crippen molar-refractivity contribution in [1.29, 1.82) is 0 Å². The Kier molecular flexibility index (Phi) is 3.96. The number of rotatable bonds is 2. The summed E-state index contributed by atoms with van der Waals surface area (Å²) in [6.07, 6.45) is 0. The maximum absolute atomic E-state index is 12.9. The van der Waals surface area contributed by atoms with Gasteiger partial charge >= 0.3 is 0 Å². The van der Waals surface area contributed by atoms with E-state index in [1.165, 1.54) is 12.1 Å².